The van der Waals surface area contributed by atoms with Crippen LogP contribution in [-0.2, 0) is 11.3 Å². The highest BCUT2D eigenvalue weighted by Crippen LogP contribution is 2.33. The van der Waals surface area contributed by atoms with Gasteiger partial charge >= 0.3 is 0 Å². The number of aryl methyl sites for hydroxylation is 1. The Balaban J connectivity index is 1.45. The fraction of sp³-hybridized carbons (Fsp3) is 0.393. The average Bonchev–Trinajstić information content (AvgIpc) is 3.25. The van der Waals surface area contributed by atoms with Crippen LogP contribution in [0.3, 0.4) is 0 Å². The second kappa shape index (κ2) is 11.1. The summed E-state index contributed by atoms with van der Waals surface area (Å²) in [4.78, 5) is 29.0. The van der Waals surface area contributed by atoms with E-state index in [-0.39, 0.29) is 11.5 Å². The molecule has 7 heteroatoms. The maximum absolute atomic E-state index is 13.4. The van der Waals surface area contributed by atoms with Gasteiger partial charge in [-0.05, 0) is 45.2 Å². The first-order valence-electron chi connectivity index (χ1n) is 12.4. The summed E-state index contributed by atoms with van der Waals surface area (Å²) in [7, 11) is 0. The normalized spacial score (nSPS) is 12.6. The molecule has 1 amide bonds. The van der Waals surface area contributed by atoms with Gasteiger partial charge in [0.25, 0.3) is 5.56 Å². The number of aromatic nitrogens is 2. The molecule has 2 aromatic carbocycles. The summed E-state index contributed by atoms with van der Waals surface area (Å²) in [5, 5.41) is 9.21. The number of hydrogen-bond donors (Lipinski definition) is 1. The number of hydrogen-bond acceptors (Lipinski definition) is 5. The van der Waals surface area contributed by atoms with E-state index in [0.29, 0.717) is 24.4 Å². The molecule has 0 radical (unpaired) electrons. The first-order chi connectivity index (χ1) is 16.9. The SMILES string of the molecule is CC[C@H](C(=O)NCCCN(Cc1ccccc1)C(C)C)n1nc(C)c2sc3ccccc3c2c1=O. The lowest BCUT2D eigenvalue weighted by atomic mass is 10.1. The summed E-state index contributed by atoms with van der Waals surface area (Å²) in [6.45, 7) is 10.5. The summed E-state index contributed by atoms with van der Waals surface area (Å²) < 4.78 is 3.35. The molecule has 0 unspecified atom stereocenters. The Morgan fingerprint density at radius 2 is 1.83 bits per heavy atom. The van der Waals surface area contributed by atoms with Crippen molar-refractivity contribution in [2.45, 2.75) is 59.2 Å². The van der Waals surface area contributed by atoms with Crippen molar-refractivity contribution in [1.82, 2.24) is 20.0 Å². The number of thiophene rings is 1. The standard InChI is InChI=1S/C28H34N4O2S/c1-5-23(27(33)29-16-11-17-31(19(2)3)18-21-12-7-6-8-13-21)32-28(34)25-22-14-9-10-15-24(22)35-26(25)20(4)30-32/h6-10,12-15,19,23H,5,11,16-18H2,1-4H3,(H,29,33)/t23-/m1/s1. The van der Waals surface area contributed by atoms with Crippen LogP contribution in [0.15, 0.2) is 59.4 Å². The van der Waals surface area contributed by atoms with Crippen molar-refractivity contribution in [1.29, 1.82) is 0 Å². The minimum Gasteiger partial charge on any atom is -0.354 e. The largest absolute Gasteiger partial charge is 0.354 e. The van der Waals surface area contributed by atoms with E-state index in [0.717, 1.165) is 40.0 Å². The molecule has 0 bridgehead atoms. The van der Waals surface area contributed by atoms with E-state index in [1.807, 2.05) is 44.2 Å². The monoisotopic (exact) mass is 490 g/mol. The van der Waals surface area contributed by atoms with Gasteiger partial charge in [-0.2, -0.15) is 5.10 Å². The molecule has 6 nitrogen and oxygen atoms in total. The Hall–Kier alpha value is -3.03. The summed E-state index contributed by atoms with van der Waals surface area (Å²) in [5.74, 6) is -0.153. The molecule has 35 heavy (non-hydrogen) atoms. The van der Waals surface area contributed by atoms with Crippen LogP contribution in [0.2, 0.25) is 0 Å². The van der Waals surface area contributed by atoms with Gasteiger partial charge in [0.1, 0.15) is 6.04 Å². The Labute approximate surface area is 210 Å². The predicted octanol–water partition coefficient (Wildman–Crippen LogP) is 5.29. The van der Waals surface area contributed by atoms with Crippen molar-refractivity contribution in [2.75, 3.05) is 13.1 Å². The van der Waals surface area contributed by atoms with Gasteiger partial charge in [0.05, 0.1) is 15.8 Å². The number of nitrogens with one attached hydrogen (secondary N) is 1. The van der Waals surface area contributed by atoms with Crippen LogP contribution in [0.1, 0.15) is 50.9 Å². The Morgan fingerprint density at radius 1 is 1.11 bits per heavy atom. The fourth-order valence-electron chi connectivity index (χ4n) is 4.51. The summed E-state index contributed by atoms with van der Waals surface area (Å²) in [5.41, 5.74) is 1.87. The first-order valence-corrected chi connectivity index (χ1v) is 13.2. The number of fused-ring (bicyclic) bond motifs is 3. The third-order valence-electron chi connectivity index (χ3n) is 6.47. The number of nitrogens with zero attached hydrogens (tertiary/aromatic N) is 3. The molecule has 2 aromatic heterocycles. The summed E-state index contributed by atoms with van der Waals surface area (Å²) in [6.07, 6.45) is 1.33. The third kappa shape index (κ3) is 5.46. The highest BCUT2D eigenvalue weighted by Gasteiger charge is 2.24. The van der Waals surface area contributed by atoms with E-state index in [9.17, 15) is 9.59 Å². The molecule has 2 heterocycles. The second-order valence-electron chi connectivity index (χ2n) is 9.26. The van der Waals surface area contributed by atoms with Gasteiger partial charge < -0.3 is 5.32 Å². The smallest absolute Gasteiger partial charge is 0.276 e. The van der Waals surface area contributed by atoms with Crippen molar-refractivity contribution in [3.8, 4) is 0 Å². The lowest BCUT2D eigenvalue weighted by Crippen LogP contribution is -2.40. The molecule has 0 aliphatic rings. The van der Waals surface area contributed by atoms with Crippen LogP contribution in [0, 0.1) is 6.92 Å². The highest BCUT2D eigenvalue weighted by molar-refractivity contribution is 7.26. The van der Waals surface area contributed by atoms with E-state index >= 15 is 0 Å². The molecule has 0 aliphatic carbocycles. The van der Waals surface area contributed by atoms with Crippen LogP contribution in [0.5, 0.6) is 0 Å². The molecule has 4 aromatic rings. The maximum Gasteiger partial charge on any atom is 0.276 e. The average molecular weight is 491 g/mol. The molecule has 4 rings (SSSR count). The van der Waals surface area contributed by atoms with Crippen LogP contribution in [0.4, 0.5) is 0 Å². The Morgan fingerprint density at radius 3 is 2.54 bits per heavy atom. The lowest BCUT2D eigenvalue weighted by molar-refractivity contribution is -0.124. The summed E-state index contributed by atoms with van der Waals surface area (Å²) in [6, 6.07) is 18.1. The van der Waals surface area contributed by atoms with Crippen LogP contribution in [-0.4, -0.2) is 39.7 Å². The van der Waals surface area contributed by atoms with Crippen molar-refractivity contribution < 1.29 is 4.79 Å². The van der Waals surface area contributed by atoms with E-state index in [2.05, 4.69) is 53.4 Å². The molecule has 1 N–H and O–H groups in total. The van der Waals surface area contributed by atoms with Crippen molar-refractivity contribution in [3.05, 3.63) is 76.2 Å². The topological polar surface area (TPSA) is 67.2 Å². The summed E-state index contributed by atoms with van der Waals surface area (Å²) >= 11 is 1.58. The highest BCUT2D eigenvalue weighted by atomic mass is 32.1. The van der Waals surface area contributed by atoms with Gasteiger partial charge in [-0.25, -0.2) is 4.68 Å². The quantitative estimate of drug-likeness (QED) is 0.307. The molecule has 184 valence electrons. The van der Waals surface area contributed by atoms with Crippen molar-refractivity contribution in [2.24, 2.45) is 0 Å². The van der Waals surface area contributed by atoms with Gasteiger partial charge in [-0.1, -0.05) is 55.5 Å². The van der Waals surface area contributed by atoms with Gasteiger partial charge in [0, 0.05) is 35.8 Å². The number of rotatable bonds is 10. The van der Waals surface area contributed by atoms with E-state index in [4.69, 9.17) is 0 Å². The zero-order chi connectivity index (χ0) is 24.9. The van der Waals surface area contributed by atoms with Crippen LogP contribution < -0.4 is 10.9 Å². The molecule has 0 spiro atoms. The number of carbonyl (C=O) groups excluding carboxylic acids is 1. The lowest BCUT2D eigenvalue weighted by Gasteiger charge is -2.26. The zero-order valence-corrected chi connectivity index (χ0v) is 21.8. The molecular formula is C28H34N4O2S. The maximum atomic E-state index is 13.4. The molecular weight excluding hydrogens is 456 g/mol. The number of carbonyl (C=O) groups is 1. The van der Waals surface area contributed by atoms with Gasteiger partial charge in [0.2, 0.25) is 5.91 Å². The second-order valence-corrected chi connectivity index (χ2v) is 10.3. The molecule has 0 saturated carbocycles. The molecule has 0 fully saturated rings. The van der Waals surface area contributed by atoms with Crippen LogP contribution >= 0.6 is 11.3 Å². The Kier molecular flexibility index (Phi) is 7.98. The van der Waals surface area contributed by atoms with Crippen molar-refractivity contribution in [3.63, 3.8) is 0 Å². The van der Waals surface area contributed by atoms with E-state index in [1.54, 1.807) is 11.3 Å². The van der Waals surface area contributed by atoms with Crippen molar-refractivity contribution >= 4 is 37.4 Å². The Bertz CT molecular complexity index is 1360. The molecule has 1 atom stereocenters. The van der Waals surface area contributed by atoms with Gasteiger partial charge in [-0.15, -0.1) is 11.3 Å². The predicted molar refractivity (Wildman–Crippen MR) is 145 cm³/mol. The van der Waals surface area contributed by atoms with Gasteiger partial charge in [-0.3, -0.25) is 14.5 Å². The van der Waals surface area contributed by atoms with Gasteiger partial charge in [0.15, 0.2) is 0 Å². The molecule has 0 aliphatic heterocycles. The number of amides is 1. The first kappa shape index (κ1) is 25.1. The number of benzene rings is 2. The van der Waals surface area contributed by atoms with E-state index < -0.39 is 6.04 Å². The molecule has 0 saturated heterocycles. The van der Waals surface area contributed by atoms with Crippen LogP contribution in [0.25, 0.3) is 20.2 Å². The fourth-order valence-corrected chi connectivity index (χ4v) is 5.64. The minimum absolute atomic E-state index is 0.153. The zero-order valence-electron chi connectivity index (χ0n) is 21.0. The van der Waals surface area contributed by atoms with E-state index in [1.165, 1.54) is 10.2 Å². The third-order valence-corrected chi connectivity index (χ3v) is 7.75. The minimum atomic E-state index is -0.630.